The topological polar surface area (TPSA) is 97.2 Å². The van der Waals surface area contributed by atoms with Gasteiger partial charge in [-0.3, -0.25) is 19.7 Å². The molecule has 29 heavy (non-hydrogen) atoms. The third kappa shape index (κ3) is 4.75. The van der Waals surface area contributed by atoms with E-state index in [4.69, 9.17) is 0 Å². The molecule has 0 radical (unpaired) electrons. The Hall–Kier alpha value is -3.33. The van der Waals surface area contributed by atoms with Gasteiger partial charge in [0.25, 0.3) is 17.4 Å². The first kappa shape index (κ1) is 20.4. The Labute approximate surface area is 171 Å². The summed E-state index contributed by atoms with van der Waals surface area (Å²) < 4.78 is 1.24. The number of anilines is 1. The van der Waals surface area contributed by atoms with Crippen LogP contribution in [0.1, 0.15) is 37.0 Å². The number of nitrogens with one attached hydrogen (secondary N) is 1. The number of rotatable bonds is 5. The minimum atomic E-state index is -0.500. The first-order valence-corrected chi connectivity index (χ1v) is 9.70. The van der Waals surface area contributed by atoms with Crippen molar-refractivity contribution >= 4 is 28.3 Å². The Kier molecular flexibility index (Phi) is 5.88. The molecular formula is C20H21N5O3S. The first-order chi connectivity index (χ1) is 13.7. The predicted molar refractivity (Wildman–Crippen MR) is 112 cm³/mol. The molecule has 9 heteroatoms. The smallest absolute Gasteiger partial charge is 0.277 e. The summed E-state index contributed by atoms with van der Waals surface area (Å²) in [6.45, 7) is 3.96. The average molecular weight is 411 g/mol. The van der Waals surface area contributed by atoms with E-state index in [1.54, 1.807) is 21.0 Å². The zero-order chi connectivity index (χ0) is 21.1. The molecule has 150 valence electrons. The number of thiazole rings is 1. The molecule has 0 fully saturated rings. The van der Waals surface area contributed by atoms with E-state index in [1.165, 1.54) is 21.7 Å². The van der Waals surface area contributed by atoms with Crippen LogP contribution in [0, 0.1) is 13.8 Å². The number of amides is 2. The van der Waals surface area contributed by atoms with Crippen molar-refractivity contribution in [3.8, 4) is 0 Å². The van der Waals surface area contributed by atoms with Crippen molar-refractivity contribution in [2.45, 2.75) is 20.4 Å². The predicted octanol–water partition coefficient (Wildman–Crippen LogP) is 2.32. The maximum absolute atomic E-state index is 12.6. The summed E-state index contributed by atoms with van der Waals surface area (Å²) in [4.78, 5) is 43.0. The minimum Gasteiger partial charge on any atom is -0.344 e. The molecule has 8 nitrogen and oxygen atoms in total. The van der Waals surface area contributed by atoms with Gasteiger partial charge in [0.15, 0.2) is 5.13 Å². The van der Waals surface area contributed by atoms with E-state index < -0.39 is 5.91 Å². The first-order valence-electron chi connectivity index (χ1n) is 8.88. The Morgan fingerprint density at radius 2 is 1.79 bits per heavy atom. The molecule has 2 aromatic heterocycles. The second kappa shape index (κ2) is 8.36. The molecule has 2 amide bonds. The van der Waals surface area contributed by atoms with E-state index in [9.17, 15) is 14.4 Å². The molecule has 0 aliphatic carbocycles. The number of hydrogen-bond acceptors (Lipinski definition) is 6. The van der Waals surface area contributed by atoms with Gasteiger partial charge in [-0.25, -0.2) is 9.67 Å². The van der Waals surface area contributed by atoms with Crippen molar-refractivity contribution in [2.24, 2.45) is 0 Å². The zero-order valence-electron chi connectivity index (χ0n) is 16.6. The molecule has 1 N–H and O–H groups in total. The number of hydrogen-bond donors (Lipinski definition) is 1. The molecule has 0 atom stereocenters. The van der Waals surface area contributed by atoms with Gasteiger partial charge in [-0.2, -0.15) is 5.10 Å². The summed E-state index contributed by atoms with van der Waals surface area (Å²) in [6, 6.07) is 10.4. The van der Waals surface area contributed by atoms with E-state index >= 15 is 0 Å². The number of benzene rings is 1. The minimum absolute atomic E-state index is 0.0880. The maximum atomic E-state index is 12.6. The summed E-state index contributed by atoms with van der Waals surface area (Å²) in [6.07, 6.45) is 0. The monoisotopic (exact) mass is 411 g/mol. The second-order valence-electron chi connectivity index (χ2n) is 6.79. The lowest BCUT2D eigenvalue weighted by molar-refractivity contribution is 0.0831. The molecule has 2 heterocycles. The normalized spacial score (nSPS) is 10.6. The highest BCUT2D eigenvalue weighted by atomic mass is 32.1. The number of aryl methyl sites for hydroxylation is 2. The van der Waals surface area contributed by atoms with Gasteiger partial charge in [0.2, 0.25) is 0 Å². The number of carbonyl (C=O) groups excluding carboxylic acids is 2. The summed E-state index contributed by atoms with van der Waals surface area (Å²) in [5, 5.41) is 7.13. The zero-order valence-corrected chi connectivity index (χ0v) is 17.4. The molecule has 0 aliphatic rings. The molecule has 0 saturated carbocycles. The maximum Gasteiger partial charge on any atom is 0.277 e. The van der Waals surface area contributed by atoms with Gasteiger partial charge < -0.3 is 4.90 Å². The fourth-order valence-electron chi connectivity index (χ4n) is 2.56. The molecule has 0 bridgehead atoms. The third-order valence-electron chi connectivity index (χ3n) is 4.17. The van der Waals surface area contributed by atoms with Crippen LogP contribution in [0.2, 0.25) is 0 Å². The van der Waals surface area contributed by atoms with Crippen molar-refractivity contribution in [2.75, 3.05) is 19.4 Å². The van der Waals surface area contributed by atoms with Gasteiger partial charge in [-0.15, -0.1) is 0 Å². The summed E-state index contributed by atoms with van der Waals surface area (Å²) in [7, 11) is 3.31. The fourth-order valence-corrected chi connectivity index (χ4v) is 3.55. The van der Waals surface area contributed by atoms with Gasteiger partial charge >= 0.3 is 0 Å². The van der Waals surface area contributed by atoms with Crippen LogP contribution in [-0.4, -0.2) is 45.6 Å². The largest absolute Gasteiger partial charge is 0.344 e. The summed E-state index contributed by atoms with van der Waals surface area (Å²) in [5.74, 6) is -0.675. The van der Waals surface area contributed by atoms with Crippen molar-refractivity contribution in [3.05, 3.63) is 74.1 Å². The van der Waals surface area contributed by atoms with Crippen molar-refractivity contribution in [1.29, 1.82) is 0 Å². The van der Waals surface area contributed by atoms with Crippen molar-refractivity contribution in [3.63, 3.8) is 0 Å². The van der Waals surface area contributed by atoms with Crippen LogP contribution in [0.5, 0.6) is 0 Å². The molecule has 0 unspecified atom stereocenters. The Balaban J connectivity index is 1.79. The van der Waals surface area contributed by atoms with Gasteiger partial charge in [-0.05, 0) is 25.5 Å². The lowest BCUT2D eigenvalue weighted by Crippen LogP contribution is -2.26. The average Bonchev–Trinajstić information content (AvgIpc) is 3.04. The Bertz CT molecular complexity index is 1120. The molecule has 3 aromatic rings. The van der Waals surface area contributed by atoms with Crippen molar-refractivity contribution < 1.29 is 9.59 Å². The van der Waals surface area contributed by atoms with Gasteiger partial charge in [-0.1, -0.05) is 41.2 Å². The Morgan fingerprint density at radius 1 is 1.10 bits per heavy atom. The highest BCUT2D eigenvalue weighted by Crippen LogP contribution is 2.23. The van der Waals surface area contributed by atoms with E-state index in [1.807, 2.05) is 31.2 Å². The Morgan fingerprint density at radius 3 is 2.45 bits per heavy atom. The summed E-state index contributed by atoms with van der Waals surface area (Å²) >= 11 is 1.10. The highest BCUT2D eigenvalue weighted by Gasteiger charge is 2.19. The SMILES string of the molecule is Cc1ccc(Cn2nc(C(=O)Nc3nc(C)c(C(=O)N(C)C)s3)ccc2=O)cc1. The van der Waals surface area contributed by atoms with Gasteiger partial charge in [0, 0.05) is 20.2 Å². The lowest BCUT2D eigenvalue weighted by atomic mass is 10.1. The quantitative estimate of drug-likeness (QED) is 0.695. The molecule has 0 aliphatic heterocycles. The van der Waals surface area contributed by atoms with E-state index in [0.29, 0.717) is 15.7 Å². The van der Waals surface area contributed by atoms with E-state index in [2.05, 4.69) is 15.4 Å². The van der Waals surface area contributed by atoms with Crippen LogP contribution in [-0.2, 0) is 6.54 Å². The van der Waals surface area contributed by atoms with E-state index in [-0.39, 0.29) is 23.7 Å². The fraction of sp³-hybridized carbons (Fsp3) is 0.250. The molecule has 1 aromatic carbocycles. The third-order valence-corrected chi connectivity index (χ3v) is 5.23. The van der Waals surface area contributed by atoms with Crippen LogP contribution >= 0.6 is 11.3 Å². The standard InChI is InChI=1S/C20H21N5O3S/c1-12-5-7-14(8-6-12)11-25-16(26)10-9-15(23-25)18(27)22-20-21-13(2)17(29-20)19(28)24(3)4/h5-10H,11H2,1-4H3,(H,21,22,27). The van der Waals surface area contributed by atoms with Crippen molar-refractivity contribution in [1.82, 2.24) is 19.7 Å². The molecular weight excluding hydrogens is 390 g/mol. The van der Waals surface area contributed by atoms with Crippen LogP contribution in [0.4, 0.5) is 5.13 Å². The van der Waals surface area contributed by atoms with Crippen LogP contribution in [0.25, 0.3) is 0 Å². The number of carbonyl (C=O) groups is 2. The van der Waals surface area contributed by atoms with Crippen LogP contribution in [0.3, 0.4) is 0 Å². The lowest BCUT2D eigenvalue weighted by Gasteiger charge is -2.08. The number of aromatic nitrogens is 3. The van der Waals surface area contributed by atoms with Crippen LogP contribution in [0.15, 0.2) is 41.2 Å². The number of nitrogens with zero attached hydrogens (tertiary/aromatic N) is 4. The second-order valence-corrected chi connectivity index (χ2v) is 7.79. The van der Waals surface area contributed by atoms with Gasteiger partial charge in [0.05, 0.1) is 12.2 Å². The van der Waals surface area contributed by atoms with E-state index in [0.717, 1.165) is 22.5 Å². The molecule has 3 rings (SSSR count). The summed E-state index contributed by atoms with van der Waals surface area (Å²) in [5.41, 5.74) is 2.36. The van der Waals surface area contributed by atoms with Gasteiger partial charge in [0.1, 0.15) is 10.6 Å². The molecule has 0 spiro atoms. The highest BCUT2D eigenvalue weighted by molar-refractivity contribution is 7.17. The molecule has 0 saturated heterocycles. The van der Waals surface area contributed by atoms with Crippen LogP contribution < -0.4 is 10.9 Å².